The Labute approximate surface area is 167 Å². The van der Waals surface area contributed by atoms with Crippen molar-refractivity contribution < 1.29 is 24.2 Å². The smallest absolute Gasteiger partial charge is 0.410 e. The third-order valence-electron chi connectivity index (χ3n) is 4.74. The van der Waals surface area contributed by atoms with Crippen LogP contribution in [0.2, 0.25) is 0 Å². The van der Waals surface area contributed by atoms with Gasteiger partial charge in [-0.1, -0.05) is 24.3 Å². The van der Waals surface area contributed by atoms with Crippen LogP contribution in [-0.2, 0) is 19.9 Å². The van der Waals surface area contributed by atoms with Crippen LogP contribution in [0.5, 0.6) is 0 Å². The Hall–Kier alpha value is -2.34. The van der Waals surface area contributed by atoms with Gasteiger partial charge in [-0.3, -0.25) is 0 Å². The lowest BCUT2D eigenvalue weighted by Gasteiger charge is -2.39. The first kappa shape index (κ1) is 22.0. The molecule has 1 aromatic rings. The molecule has 1 aliphatic heterocycles. The van der Waals surface area contributed by atoms with E-state index < -0.39 is 11.2 Å². The highest BCUT2D eigenvalue weighted by Crippen LogP contribution is 2.34. The fraction of sp³-hybridized carbons (Fsp3) is 0.545. The molecule has 1 amide bonds. The fourth-order valence-corrected chi connectivity index (χ4v) is 3.16. The molecule has 0 radical (unpaired) electrons. The Morgan fingerprint density at radius 3 is 2.25 bits per heavy atom. The molecular formula is C22H31NO5. The molecule has 6 heteroatoms. The number of esters is 1. The Kier molecular flexibility index (Phi) is 6.88. The normalized spacial score (nSPS) is 17.2. The van der Waals surface area contributed by atoms with Crippen molar-refractivity contribution >= 4 is 17.6 Å². The van der Waals surface area contributed by atoms with Gasteiger partial charge in [0.15, 0.2) is 0 Å². The quantitative estimate of drug-likeness (QED) is 0.625. The monoisotopic (exact) mass is 389 g/mol. The van der Waals surface area contributed by atoms with Crippen LogP contribution < -0.4 is 0 Å². The van der Waals surface area contributed by atoms with Gasteiger partial charge in [0.2, 0.25) is 0 Å². The molecule has 6 nitrogen and oxygen atoms in total. The molecule has 154 valence electrons. The van der Waals surface area contributed by atoms with E-state index in [4.69, 9.17) is 9.47 Å². The van der Waals surface area contributed by atoms with E-state index in [9.17, 15) is 14.7 Å². The Morgan fingerprint density at radius 2 is 1.75 bits per heavy atom. The van der Waals surface area contributed by atoms with Gasteiger partial charge in [0.25, 0.3) is 0 Å². The number of hydrogen-bond acceptors (Lipinski definition) is 5. The van der Waals surface area contributed by atoms with Gasteiger partial charge in [-0.05, 0) is 64.2 Å². The fourth-order valence-electron chi connectivity index (χ4n) is 3.16. The lowest BCUT2D eigenvalue weighted by molar-refractivity contribution is -0.137. The van der Waals surface area contributed by atoms with E-state index in [1.54, 1.807) is 11.8 Å². The Bertz CT molecular complexity index is 722. The number of benzene rings is 1. The summed E-state index contributed by atoms with van der Waals surface area (Å²) in [7, 11) is 0. The molecule has 0 unspecified atom stereocenters. The summed E-state index contributed by atoms with van der Waals surface area (Å²) in [5, 5.41) is 11.1. The van der Waals surface area contributed by atoms with Gasteiger partial charge in [-0.2, -0.15) is 0 Å². The summed E-state index contributed by atoms with van der Waals surface area (Å²) in [5.74, 6) is -0.364. The van der Waals surface area contributed by atoms with Crippen LogP contribution in [0.3, 0.4) is 0 Å². The predicted molar refractivity (Wildman–Crippen MR) is 108 cm³/mol. The molecule has 1 N–H and O–H groups in total. The molecule has 1 aliphatic rings. The second-order valence-electron chi connectivity index (χ2n) is 8.16. The molecular weight excluding hydrogens is 358 g/mol. The second-order valence-corrected chi connectivity index (χ2v) is 8.16. The summed E-state index contributed by atoms with van der Waals surface area (Å²) in [6.45, 7) is 10.4. The number of aliphatic hydroxyl groups is 1. The van der Waals surface area contributed by atoms with Crippen molar-refractivity contribution in [2.24, 2.45) is 0 Å². The zero-order valence-corrected chi connectivity index (χ0v) is 17.4. The van der Waals surface area contributed by atoms with E-state index >= 15 is 0 Å². The van der Waals surface area contributed by atoms with Crippen LogP contribution in [0.1, 0.15) is 58.6 Å². The highest BCUT2D eigenvalue weighted by atomic mass is 16.6. The summed E-state index contributed by atoms with van der Waals surface area (Å²) in [5.41, 5.74) is 0.998. The van der Waals surface area contributed by atoms with Gasteiger partial charge < -0.3 is 19.5 Å². The van der Waals surface area contributed by atoms with Crippen molar-refractivity contribution in [3.8, 4) is 0 Å². The van der Waals surface area contributed by atoms with Gasteiger partial charge in [-0.25, -0.2) is 9.59 Å². The molecule has 1 saturated heterocycles. The van der Waals surface area contributed by atoms with E-state index in [2.05, 4.69) is 0 Å². The number of likely N-dealkylation sites (tertiary alicyclic amines) is 1. The number of ether oxygens (including phenoxy) is 2. The Morgan fingerprint density at radius 1 is 1.18 bits per heavy atom. The summed E-state index contributed by atoms with van der Waals surface area (Å²) in [6, 6.07) is 7.53. The minimum absolute atomic E-state index is 0.342. The number of rotatable bonds is 4. The third-order valence-corrected chi connectivity index (χ3v) is 4.74. The maximum absolute atomic E-state index is 12.2. The zero-order chi connectivity index (χ0) is 20.9. The molecule has 2 rings (SSSR count). The highest BCUT2D eigenvalue weighted by molar-refractivity contribution is 5.90. The molecule has 1 fully saturated rings. The average molecular weight is 389 g/mol. The first-order valence-electron chi connectivity index (χ1n) is 9.70. The molecule has 0 spiro atoms. The molecule has 0 aliphatic carbocycles. The van der Waals surface area contributed by atoms with Crippen LogP contribution in [-0.4, -0.2) is 47.4 Å². The molecule has 1 aromatic carbocycles. The van der Waals surface area contributed by atoms with Crippen LogP contribution in [0.25, 0.3) is 5.57 Å². The number of nitrogens with zero attached hydrogens (tertiary/aromatic N) is 1. The van der Waals surface area contributed by atoms with Gasteiger partial charge >= 0.3 is 12.1 Å². The maximum atomic E-state index is 12.2. The lowest BCUT2D eigenvalue weighted by Crippen LogP contribution is -2.46. The van der Waals surface area contributed by atoms with Crippen molar-refractivity contribution in [1.29, 1.82) is 0 Å². The zero-order valence-electron chi connectivity index (χ0n) is 17.4. The number of piperidine rings is 1. The number of carbonyl (C=O) groups is 2. The van der Waals surface area contributed by atoms with E-state index in [0.29, 0.717) is 32.5 Å². The molecule has 1 heterocycles. The summed E-state index contributed by atoms with van der Waals surface area (Å²) < 4.78 is 10.3. The van der Waals surface area contributed by atoms with Gasteiger partial charge in [0.1, 0.15) is 5.60 Å². The second kappa shape index (κ2) is 8.78. The van der Waals surface area contributed by atoms with Crippen LogP contribution in [0, 0.1) is 0 Å². The van der Waals surface area contributed by atoms with Crippen molar-refractivity contribution in [2.75, 3.05) is 19.7 Å². The standard InChI is InChI=1S/C22H31NO5/c1-6-27-19(24)15-16(2)17-7-9-18(10-8-17)22(26)11-13-23(14-12-22)20(25)28-21(3,4)5/h7-10,15,26H,6,11-14H2,1-5H3. The largest absolute Gasteiger partial charge is 0.463 e. The van der Waals surface area contributed by atoms with Crippen LogP contribution >= 0.6 is 0 Å². The maximum Gasteiger partial charge on any atom is 0.410 e. The molecule has 0 aromatic heterocycles. The number of hydrogen-bond donors (Lipinski definition) is 1. The minimum Gasteiger partial charge on any atom is -0.463 e. The number of allylic oxidation sites excluding steroid dienone is 1. The molecule has 0 atom stereocenters. The topological polar surface area (TPSA) is 76.1 Å². The summed E-state index contributed by atoms with van der Waals surface area (Å²) in [4.78, 5) is 25.4. The van der Waals surface area contributed by atoms with Crippen molar-refractivity contribution in [2.45, 2.75) is 58.7 Å². The third kappa shape index (κ3) is 5.83. The highest BCUT2D eigenvalue weighted by Gasteiger charge is 2.36. The van der Waals surface area contributed by atoms with Crippen molar-refractivity contribution in [3.63, 3.8) is 0 Å². The number of carbonyl (C=O) groups excluding carboxylic acids is 2. The van der Waals surface area contributed by atoms with Crippen molar-refractivity contribution in [1.82, 2.24) is 4.90 Å². The van der Waals surface area contributed by atoms with Gasteiger partial charge in [0, 0.05) is 19.2 Å². The van der Waals surface area contributed by atoms with Crippen molar-refractivity contribution in [3.05, 3.63) is 41.5 Å². The number of amides is 1. The van der Waals surface area contributed by atoms with Gasteiger partial charge in [-0.15, -0.1) is 0 Å². The Balaban J connectivity index is 2.02. The predicted octanol–water partition coefficient (Wildman–Crippen LogP) is 3.87. The molecule has 28 heavy (non-hydrogen) atoms. The van der Waals surface area contributed by atoms with E-state index in [1.165, 1.54) is 6.08 Å². The van der Waals surface area contributed by atoms with Crippen LogP contribution in [0.4, 0.5) is 4.79 Å². The SMILES string of the molecule is CCOC(=O)C=C(C)c1ccc(C2(O)CCN(C(=O)OC(C)(C)C)CC2)cc1. The van der Waals surface area contributed by atoms with E-state index in [0.717, 1.165) is 16.7 Å². The molecule has 0 saturated carbocycles. The van der Waals surface area contributed by atoms with Gasteiger partial charge in [0.05, 0.1) is 12.2 Å². The van der Waals surface area contributed by atoms with Crippen LogP contribution in [0.15, 0.2) is 30.3 Å². The minimum atomic E-state index is -0.976. The first-order valence-corrected chi connectivity index (χ1v) is 9.70. The average Bonchev–Trinajstić information content (AvgIpc) is 2.61. The summed E-state index contributed by atoms with van der Waals surface area (Å²) >= 11 is 0. The molecule has 0 bridgehead atoms. The summed E-state index contributed by atoms with van der Waals surface area (Å²) in [6.07, 6.45) is 2.02. The van der Waals surface area contributed by atoms with E-state index in [1.807, 2.05) is 52.0 Å². The lowest BCUT2D eigenvalue weighted by atomic mass is 9.84. The first-order chi connectivity index (χ1) is 13.0. The van der Waals surface area contributed by atoms with E-state index in [-0.39, 0.29) is 12.1 Å².